The number of ether oxygens (including phenoxy) is 4. The van der Waals surface area contributed by atoms with Gasteiger partial charge in [-0.3, -0.25) is 4.79 Å². The molecule has 37 heavy (non-hydrogen) atoms. The molecule has 10 heteroatoms. The van der Waals surface area contributed by atoms with Crippen LogP contribution in [0, 0.1) is 0 Å². The van der Waals surface area contributed by atoms with E-state index in [-0.39, 0.29) is 41.2 Å². The van der Waals surface area contributed by atoms with Gasteiger partial charge in [-0.2, -0.15) is 13.2 Å². The minimum Gasteiger partial charge on any atom is -0.497 e. The molecule has 1 aromatic heterocycles. The molecule has 4 rings (SSSR count). The van der Waals surface area contributed by atoms with Gasteiger partial charge in [0.05, 0.1) is 24.7 Å². The highest BCUT2D eigenvalue weighted by atomic mass is 19.4. The zero-order valence-electron chi connectivity index (χ0n) is 19.8. The Kier molecular flexibility index (Phi) is 7.37. The molecule has 0 radical (unpaired) electrons. The third kappa shape index (κ3) is 5.85. The van der Waals surface area contributed by atoms with Gasteiger partial charge < -0.3 is 23.4 Å². The molecule has 1 heterocycles. The molecule has 0 N–H and O–H groups in total. The number of rotatable bonds is 8. The van der Waals surface area contributed by atoms with Crippen LogP contribution in [-0.2, 0) is 17.5 Å². The highest BCUT2D eigenvalue weighted by molar-refractivity contribution is 5.89. The second-order valence-electron chi connectivity index (χ2n) is 7.73. The predicted molar refractivity (Wildman–Crippen MR) is 127 cm³/mol. The van der Waals surface area contributed by atoms with Gasteiger partial charge in [-0.05, 0) is 61.0 Å². The summed E-state index contributed by atoms with van der Waals surface area (Å²) in [5, 5.41) is -0.122. The lowest BCUT2D eigenvalue weighted by Crippen LogP contribution is -2.15. The third-order valence-electron chi connectivity index (χ3n) is 5.23. The van der Waals surface area contributed by atoms with Gasteiger partial charge in [-0.1, -0.05) is 12.1 Å². The maximum absolute atomic E-state index is 13.8. The van der Waals surface area contributed by atoms with E-state index in [1.165, 1.54) is 42.5 Å². The molecule has 192 valence electrons. The Morgan fingerprint density at radius 1 is 0.919 bits per heavy atom. The van der Waals surface area contributed by atoms with Gasteiger partial charge in [0, 0.05) is 6.07 Å². The van der Waals surface area contributed by atoms with E-state index in [9.17, 15) is 22.8 Å². The van der Waals surface area contributed by atoms with Crippen molar-refractivity contribution in [3.8, 4) is 23.0 Å². The summed E-state index contributed by atoms with van der Waals surface area (Å²) < 4.78 is 67.5. The Bertz CT molecular complexity index is 1460. The third-order valence-corrected chi connectivity index (χ3v) is 5.23. The topological polar surface area (TPSA) is 84.2 Å². The summed E-state index contributed by atoms with van der Waals surface area (Å²) in [5.74, 6) is -2.42. The Morgan fingerprint density at radius 2 is 1.57 bits per heavy atom. The lowest BCUT2D eigenvalue weighted by atomic mass is 10.2. The fourth-order valence-electron chi connectivity index (χ4n) is 3.41. The van der Waals surface area contributed by atoms with Gasteiger partial charge in [-0.15, -0.1) is 0 Å². The molecule has 0 aliphatic carbocycles. The van der Waals surface area contributed by atoms with Crippen LogP contribution in [0.15, 0.2) is 75.9 Å². The van der Waals surface area contributed by atoms with Crippen LogP contribution in [0.5, 0.6) is 23.0 Å². The molecule has 0 spiro atoms. The number of fused-ring (bicyclic) bond motifs is 1. The number of hydrogen-bond acceptors (Lipinski definition) is 7. The van der Waals surface area contributed by atoms with Crippen LogP contribution in [0.3, 0.4) is 0 Å². The lowest BCUT2D eigenvalue weighted by Gasteiger charge is -2.14. The summed E-state index contributed by atoms with van der Waals surface area (Å²) in [6, 6.07) is 16.2. The van der Waals surface area contributed by atoms with Gasteiger partial charge in [0.25, 0.3) is 5.76 Å². The van der Waals surface area contributed by atoms with Crippen molar-refractivity contribution in [2.75, 3.05) is 13.7 Å². The molecule has 0 aliphatic rings. The van der Waals surface area contributed by atoms with Gasteiger partial charge in [0.15, 0.2) is 0 Å². The molecule has 4 aromatic rings. The molecule has 3 aromatic carbocycles. The highest BCUT2D eigenvalue weighted by Crippen LogP contribution is 2.38. The van der Waals surface area contributed by atoms with Crippen LogP contribution in [0.4, 0.5) is 13.2 Å². The SMILES string of the molecule is CCOC(=O)c1ccc(Oc2c(C(F)(F)F)oc3cc(OCc4ccc(OC)cc4)ccc3c2=O)cc1. The fourth-order valence-corrected chi connectivity index (χ4v) is 3.41. The second-order valence-corrected chi connectivity index (χ2v) is 7.73. The van der Waals surface area contributed by atoms with Crippen molar-refractivity contribution >= 4 is 16.9 Å². The summed E-state index contributed by atoms with van der Waals surface area (Å²) in [4.78, 5) is 24.8. The van der Waals surface area contributed by atoms with Crippen LogP contribution in [0.2, 0.25) is 0 Å². The van der Waals surface area contributed by atoms with E-state index >= 15 is 0 Å². The number of hydrogen-bond donors (Lipinski definition) is 0. The first kappa shape index (κ1) is 25.6. The van der Waals surface area contributed by atoms with E-state index in [2.05, 4.69) is 0 Å². The molecule has 0 saturated carbocycles. The first-order chi connectivity index (χ1) is 17.7. The van der Waals surface area contributed by atoms with E-state index in [1.807, 2.05) is 0 Å². The number of carbonyl (C=O) groups excluding carboxylic acids is 1. The molecule has 0 atom stereocenters. The summed E-state index contributed by atoms with van der Waals surface area (Å²) in [7, 11) is 1.54. The van der Waals surface area contributed by atoms with E-state index < -0.39 is 29.1 Å². The summed E-state index contributed by atoms with van der Waals surface area (Å²) >= 11 is 0. The average molecular weight is 514 g/mol. The fraction of sp³-hybridized carbons (Fsp3) is 0.185. The van der Waals surface area contributed by atoms with Crippen molar-refractivity contribution in [3.05, 3.63) is 93.8 Å². The van der Waals surface area contributed by atoms with Crippen molar-refractivity contribution in [1.82, 2.24) is 0 Å². The predicted octanol–water partition coefficient (Wildman–Crippen LogP) is 6.37. The van der Waals surface area contributed by atoms with Crippen molar-refractivity contribution < 1.29 is 41.3 Å². The van der Waals surface area contributed by atoms with Crippen LogP contribution < -0.4 is 19.6 Å². The quantitative estimate of drug-likeness (QED) is 0.253. The maximum Gasteiger partial charge on any atom is 0.453 e. The molecule has 0 fully saturated rings. The van der Waals surface area contributed by atoms with Gasteiger partial charge in [0.1, 0.15) is 29.4 Å². The Labute approximate surface area is 208 Å². The van der Waals surface area contributed by atoms with Gasteiger partial charge >= 0.3 is 12.1 Å². The lowest BCUT2D eigenvalue weighted by molar-refractivity contribution is -0.154. The second kappa shape index (κ2) is 10.7. The molecule has 0 saturated heterocycles. The van der Waals surface area contributed by atoms with Crippen molar-refractivity contribution in [1.29, 1.82) is 0 Å². The van der Waals surface area contributed by atoms with Crippen molar-refractivity contribution in [2.45, 2.75) is 19.7 Å². The number of carbonyl (C=O) groups is 1. The summed E-state index contributed by atoms with van der Waals surface area (Å²) in [5.41, 5.74) is -0.340. The van der Waals surface area contributed by atoms with Crippen LogP contribution in [0.25, 0.3) is 11.0 Å². The highest BCUT2D eigenvalue weighted by Gasteiger charge is 2.40. The van der Waals surface area contributed by atoms with Crippen LogP contribution in [0.1, 0.15) is 28.6 Å². The number of benzene rings is 3. The van der Waals surface area contributed by atoms with Gasteiger partial charge in [-0.25, -0.2) is 4.79 Å². The van der Waals surface area contributed by atoms with Crippen molar-refractivity contribution in [3.63, 3.8) is 0 Å². The Balaban J connectivity index is 1.63. The number of alkyl halides is 3. The molecule has 7 nitrogen and oxygen atoms in total. The number of esters is 1. The smallest absolute Gasteiger partial charge is 0.453 e. The van der Waals surface area contributed by atoms with E-state index in [1.54, 1.807) is 38.3 Å². The van der Waals surface area contributed by atoms with Crippen LogP contribution >= 0.6 is 0 Å². The van der Waals surface area contributed by atoms with E-state index in [4.69, 9.17) is 23.4 Å². The zero-order valence-corrected chi connectivity index (χ0v) is 19.8. The maximum atomic E-state index is 13.8. The van der Waals surface area contributed by atoms with Crippen molar-refractivity contribution in [2.24, 2.45) is 0 Å². The molecule has 0 aliphatic heterocycles. The summed E-state index contributed by atoms with van der Waals surface area (Å²) in [6.07, 6.45) is -5.02. The molecule has 0 unspecified atom stereocenters. The first-order valence-electron chi connectivity index (χ1n) is 11.1. The van der Waals surface area contributed by atoms with E-state index in [0.717, 1.165) is 5.56 Å². The Hall–Kier alpha value is -4.47. The number of halogens is 3. The molecular weight excluding hydrogens is 493 g/mol. The monoisotopic (exact) mass is 514 g/mol. The molecule has 0 bridgehead atoms. The number of methoxy groups -OCH3 is 1. The average Bonchev–Trinajstić information content (AvgIpc) is 2.89. The summed E-state index contributed by atoms with van der Waals surface area (Å²) in [6.45, 7) is 1.94. The minimum atomic E-state index is -5.02. The normalized spacial score (nSPS) is 11.3. The van der Waals surface area contributed by atoms with Gasteiger partial charge in [0.2, 0.25) is 11.2 Å². The molecule has 0 amide bonds. The minimum absolute atomic E-state index is 0.0929. The largest absolute Gasteiger partial charge is 0.497 e. The zero-order chi connectivity index (χ0) is 26.6. The standard InChI is InChI=1S/C27H21F3O7/c1-3-34-26(32)17-6-10-19(11-7-17)36-24-23(31)21-13-12-20(14-22(21)37-25(24)27(28,29)30)35-15-16-4-8-18(33-2)9-5-16/h4-14H,3,15H2,1-2H3. The van der Waals surface area contributed by atoms with E-state index in [0.29, 0.717) is 5.75 Å². The first-order valence-corrected chi connectivity index (χ1v) is 11.1. The molecular formula is C27H21F3O7. The Morgan fingerprint density at radius 3 is 2.19 bits per heavy atom. The van der Waals surface area contributed by atoms with Crippen LogP contribution in [-0.4, -0.2) is 19.7 Å².